The number of esters is 1. The van der Waals surface area contributed by atoms with Gasteiger partial charge in [0.1, 0.15) is 0 Å². The molecule has 0 unspecified atom stereocenters. The molecule has 31 heavy (non-hydrogen) atoms. The summed E-state index contributed by atoms with van der Waals surface area (Å²) in [5, 5.41) is 0.538. The van der Waals surface area contributed by atoms with E-state index in [1.165, 1.54) is 0 Å². The van der Waals surface area contributed by atoms with Gasteiger partial charge in [0.2, 0.25) is 11.8 Å². The number of ether oxygens (including phenoxy) is 1. The number of imide groups is 1. The van der Waals surface area contributed by atoms with E-state index in [1.807, 2.05) is 0 Å². The third kappa shape index (κ3) is 3.59. The SMILES string of the molecule is O=C(COC(=O)C1CCC(N2C(=O)[C@@H]3[C@H]4CC[C@@H](C4)[C@H]3C2=O)CC1)c1ccc(Cl)cc1. The molecule has 4 atom stereocenters. The zero-order valence-electron chi connectivity index (χ0n) is 17.3. The molecule has 1 aromatic rings. The summed E-state index contributed by atoms with van der Waals surface area (Å²) in [6, 6.07) is 6.35. The fraction of sp³-hybridized carbons (Fsp3) is 0.583. The van der Waals surface area contributed by atoms with Crippen LogP contribution in [0.25, 0.3) is 0 Å². The summed E-state index contributed by atoms with van der Waals surface area (Å²) in [7, 11) is 0. The average Bonchev–Trinajstić information content (AvgIpc) is 3.46. The van der Waals surface area contributed by atoms with Gasteiger partial charge in [-0.05, 0) is 81.0 Å². The molecule has 2 bridgehead atoms. The lowest BCUT2D eigenvalue weighted by Crippen LogP contribution is -2.44. The Hall–Kier alpha value is -2.21. The number of rotatable bonds is 5. The van der Waals surface area contributed by atoms with E-state index < -0.39 is 0 Å². The zero-order chi connectivity index (χ0) is 21.7. The quantitative estimate of drug-likeness (QED) is 0.394. The van der Waals surface area contributed by atoms with E-state index in [2.05, 4.69) is 0 Å². The number of Topliss-reactive ketones (excluding diaryl/α,β-unsaturated/α-hetero) is 1. The zero-order valence-corrected chi connectivity index (χ0v) is 18.1. The van der Waals surface area contributed by atoms with Gasteiger partial charge in [-0.3, -0.25) is 24.1 Å². The van der Waals surface area contributed by atoms with E-state index in [1.54, 1.807) is 29.2 Å². The lowest BCUT2D eigenvalue weighted by molar-refractivity contribution is -0.149. The molecular formula is C24H26ClNO5. The van der Waals surface area contributed by atoms with E-state index in [0.717, 1.165) is 19.3 Å². The Morgan fingerprint density at radius 1 is 0.903 bits per heavy atom. The Balaban J connectivity index is 1.13. The molecule has 0 radical (unpaired) electrons. The smallest absolute Gasteiger partial charge is 0.309 e. The number of amides is 2. The topological polar surface area (TPSA) is 80.8 Å². The van der Waals surface area contributed by atoms with Crippen LogP contribution in [0.2, 0.25) is 5.02 Å². The Kier molecular flexibility index (Phi) is 5.37. The average molecular weight is 444 g/mol. The first kappa shape index (κ1) is 20.7. The molecule has 3 aliphatic carbocycles. The number of ketones is 1. The molecule has 1 aromatic carbocycles. The third-order valence-corrected chi connectivity index (χ3v) is 8.12. The van der Waals surface area contributed by atoms with Crippen LogP contribution in [0, 0.1) is 29.6 Å². The summed E-state index contributed by atoms with van der Waals surface area (Å²) >= 11 is 5.82. The van der Waals surface area contributed by atoms with Crippen LogP contribution in [0.1, 0.15) is 55.3 Å². The molecule has 6 nitrogen and oxygen atoms in total. The minimum absolute atomic E-state index is 0.0294. The van der Waals surface area contributed by atoms with Crippen molar-refractivity contribution in [3.63, 3.8) is 0 Å². The van der Waals surface area contributed by atoms with Crippen molar-refractivity contribution in [3.8, 4) is 0 Å². The van der Waals surface area contributed by atoms with Crippen molar-refractivity contribution in [1.29, 1.82) is 0 Å². The van der Waals surface area contributed by atoms with Crippen molar-refractivity contribution in [2.24, 2.45) is 29.6 Å². The lowest BCUT2D eigenvalue weighted by atomic mass is 9.81. The molecule has 0 aromatic heterocycles. The molecule has 1 heterocycles. The fourth-order valence-corrected chi connectivity index (χ4v) is 6.46. The summed E-state index contributed by atoms with van der Waals surface area (Å²) in [5.74, 6) is -0.285. The lowest BCUT2D eigenvalue weighted by Gasteiger charge is -2.33. The second-order valence-electron chi connectivity index (χ2n) is 9.47. The van der Waals surface area contributed by atoms with Crippen LogP contribution in [0.4, 0.5) is 0 Å². The number of fused-ring (bicyclic) bond motifs is 5. The molecule has 0 spiro atoms. The number of likely N-dealkylation sites (tertiary alicyclic amines) is 1. The molecule has 2 amide bonds. The summed E-state index contributed by atoms with van der Waals surface area (Å²) < 4.78 is 5.26. The van der Waals surface area contributed by atoms with Gasteiger partial charge in [0.15, 0.2) is 12.4 Å². The minimum Gasteiger partial charge on any atom is -0.457 e. The molecule has 1 aliphatic heterocycles. The van der Waals surface area contributed by atoms with Gasteiger partial charge in [-0.1, -0.05) is 11.6 Å². The van der Waals surface area contributed by atoms with Crippen molar-refractivity contribution in [2.45, 2.75) is 51.0 Å². The van der Waals surface area contributed by atoms with Gasteiger partial charge in [0.25, 0.3) is 0 Å². The number of benzene rings is 1. The molecule has 0 N–H and O–H groups in total. The van der Waals surface area contributed by atoms with Crippen LogP contribution in [-0.4, -0.2) is 41.1 Å². The van der Waals surface area contributed by atoms with Crippen LogP contribution in [0.3, 0.4) is 0 Å². The molecule has 4 aliphatic rings. The van der Waals surface area contributed by atoms with E-state index in [9.17, 15) is 19.2 Å². The minimum atomic E-state index is -0.380. The van der Waals surface area contributed by atoms with Crippen LogP contribution in [0.5, 0.6) is 0 Å². The molecular weight excluding hydrogens is 418 g/mol. The van der Waals surface area contributed by atoms with Crippen LogP contribution < -0.4 is 0 Å². The third-order valence-electron chi connectivity index (χ3n) is 7.87. The fourth-order valence-electron chi connectivity index (χ4n) is 6.34. The molecule has 1 saturated heterocycles. The Labute approximate surface area is 186 Å². The van der Waals surface area contributed by atoms with Gasteiger partial charge < -0.3 is 4.74 Å². The molecule has 3 saturated carbocycles. The number of halogens is 1. The first-order chi connectivity index (χ1) is 14.9. The molecule has 4 fully saturated rings. The number of carbonyl (C=O) groups excluding carboxylic acids is 4. The second-order valence-corrected chi connectivity index (χ2v) is 9.91. The molecule has 5 rings (SSSR count). The van der Waals surface area contributed by atoms with E-state index in [0.29, 0.717) is 48.1 Å². The second kappa shape index (κ2) is 8.05. The van der Waals surface area contributed by atoms with Gasteiger partial charge in [-0.15, -0.1) is 0 Å². The van der Waals surface area contributed by atoms with Crippen molar-refractivity contribution >= 4 is 35.2 Å². The van der Waals surface area contributed by atoms with Gasteiger partial charge in [0, 0.05) is 16.6 Å². The number of carbonyl (C=O) groups is 4. The largest absolute Gasteiger partial charge is 0.457 e. The van der Waals surface area contributed by atoms with Gasteiger partial charge in [-0.25, -0.2) is 0 Å². The highest BCUT2D eigenvalue weighted by molar-refractivity contribution is 6.30. The van der Waals surface area contributed by atoms with Crippen molar-refractivity contribution in [1.82, 2.24) is 4.90 Å². The summed E-state index contributed by atoms with van der Waals surface area (Å²) in [6.07, 6.45) is 5.57. The Bertz CT molecular complexity index is 892. The van der Waals surface area contributed by atoms with Gasteiger partial charge in [-0.2, -0.15) is 0 Å². The Morgan fingerprint density at radius 3 is 2.06 bits per heavy atom. The van der Waals surface area contributed by atoms with Gasteiger partial charge >= 0.3 is 5.97 Å². The maximum atomic E-state index is 13.0. The number of hydrogen-bond acceptors (Lipinski definition) is 5. The highest BCUT2D eigenvalue weighted by atomic mass is 35.5. The summed E-state index contributed by atoms with van der Waals surface area (Å²) in [6.45, 7) is -0.296. The highest BCUT2D eigenvalue weighted by Crippen LogP contribution is 2.56. The standard InChI is InChI=1S/C24H26ClNO5/c25-17-7-3-13(4-8-17)19(27)12-31-24(30)14-5-9-18(10-6-14)26-22(28)20-15-1-2-16(11-15)21(20)23(26)29/h3-4,7-8,14-16,18,20-21H,1-2,5-6,9-12H2/t14?,15-,16-,18?,20+,21+/m0/s1. The number of hydrogen-bond donors (Lipinski definition) is 0. The van der Waals surface area contributed by atoms with Crippen molar-refractivity contribution in [3.05, 3.63) is 34.9 Å². The summed E-state index contributed by atoms with van der Waals surface area (Å²) in [4.78, 5) is 52.2. The van der Waals surface area contributed by atoms with Crippen LogP contribution in [0.15, 0.2) is 24.3 Å². The van der Waals surface area contributed by atoms with Gasteiger partial charge in [0.05, 0.1) is 17.8 Å². The number of nitrogens with zero attached hydrogens (tertiary/aromatic N) is 1. The van der Waals surface area contributed by atoms with E-state index >= 15 is 0 Å². The monoisotopic (exact) mass is 443 g/mol. The summed E-state index contributed by atoms with van der Waals surface area (Å²) in [5.41, 5.74) is 0.450. The highest BCUT2D eigenvalue weighted by Gasteiger charge is 2.61. The molecule has 164 valence electrons. The first-order valence-electron chi connectivity index (χ1n) is 11.3. The first-order valence-corrected chi connectivity index (χ1v) is 11.6. The normalized spacial score (nSPS) is 34.2. The van der Waals surface area contributed by atoms with E-state index in [4.69, 9.17) is 16.3 Å². The predicted molar refractivity (Wildman–Crippen MR) is 112 cm³/mol. The van der Waals surface area contributed by atoms with Crippen LogP contribution in [-0.2, 0) is 19.1 Å². The predicted octanol–water partition coefficient (Wildman–Crippen LogP) is 3.66. The maximum Gasteiger partial charge on any atom is 0.309 e. The maximum absolute atomic E-state index is 13.0. The molecule has 7 heteroatoms. The Morgan fingerprint density at radius 2 is 1.48 bits per heavy atom. The van der Waals surface area contributed by atoms with E-state index in [-0.39, 0.29) is 54.0 Å². The van der Waals surface area contributed by atoms with Crippen molar-refractivity contribution in [2.75, 3.05) is 6.61 Å². The van der Waals surface area contributed by atoms with Crippen molar-refractivity contribution < 1.29 is 23.9 Å². The van der Waals surface area contributed by atoms with Crippen LogP contribution >= 0.6 is 11.6 Å².